The van der Waals surface area contributed by atoms with E-state index >= 15 is 0 Å². The topological polar surface area (TPSA) is 78.1 Å². The standard InChI is InChI=1S/C24H25FN6O/c1-18(20-4-7-23(25)21(15-20)16-26)17-29-10-12-30(13-11-29)24(32)14-19-2-5-22(6-3-19)31-9-8-27-28-31/h2-9,15,18H,10-14,17H2,1H3. The molecule has 1 atom stereocenters. The molecule has 0 aliphatic carbocycles. The summed E-state index contributed by atoms with van der Waals surface area (Å²) in [5.74, 6) is -0.180. The molecule has 0 bridgehead atoms. The number of rotatable bonds is 6. The molecule has 164 valence electrons. The Bertz CT molecular complexity index is 1100. The van der Waals surface area contributed by atoms with Crippen molar-refractivity contribution in [2.45, 2.75) is 19.3 Å². The second-order valence-corrected chi connectivity index (χ2v) is 8.12. The fourth-order valence-corrected chi connectivity index (χ4v) is 4.01. The van der Waals surface area contributed by atoms with Crippen molar-refractivity contribution in [3.05, 3.63) is 77.4 Å². The van der Waals surface area contributed by atoms with Gasteiger partial charge >= 0.3 is 0 Å². The van der Waals surface area contributed by atoms with Crippen LogP contribution in [0.2, 0.25) is 0 Å². The predicted octanol–water partition coefficient (Wildman–Crippen LogP) is 2.77. The van der Waals surface area contributed by atoms with E-state index in [0.717, 1.165) is 36.4 Å². The zero-order valence-electron chi connectivity index (χ0n) is 18.0. The van der Waals surface area contributed by atoms with Crippen LogP contribution in [0.15, 0.2) is 54.9 Å². The van der Waals surface area contributed by atoms with Gasteiger partial charge in [0, 0.05) is 32.7 Å². The summed E-state index contributed by atoms with van der Waals surface area (Å²) in [6.07, 6.45) is 3.78. The number of aromatic nitrogens is 3. The highest BCUT2D eigenvalue weighted by Crippen LogP contribution is 2.20. The lowest BCUT2D eigenvalue weighted by Crippen LogP contribution is -2.49. The molecule has 0 spiro atoms. The highest BCUT2D eigenvalue weighted by atomic mass is 19.1. The Morgan fingerprint density at radius 2 is 1.91 bits per heavy atom. The van der Waals surface area contributed by atoms with Crippen molar-refractivity contribution in [1.82, 2.24) is 24.8 Å². The van der Waals surface area contributed by atoms with Crippen molar-refractivity contribution in [1.29, 1.82) is 5.26 Å². The summed E-state index contributed by atoms with van der Waals surface area (Å²) < 4.78 is 15.3. The molecule has 1 saturated heterocycles. The quantitative estimate of drug-likeness (QED) is 0.599. The number of piperazine rings is 1. The third-order valence-corrected chi connectivity index (χ3v) is 5.92. The SMILES string of the molecule is CC(CN1CCN(C(=O)Cc2ccc(-n3ccnn3)cc2)CC1)c1ccc(F)c(C#N)c1. The van der Waals surface area contributed by atoms with Gasteiger partial charge in [0.25, 0.3) is 0 Å². The molecule has 0 saturated carbocycles. The van der Waals surface area contributed by atoms with E-state index < -0.39 is 5.82 Å². The summed E-state index contributed by atoms with van der Waals surface area (Å²) in [6.45, 7) is 5.86. The van der Waals surface area contributed by atoms with Crippen LogP contribution in [0.5, 0.6) is 0 Å². The Balaban J connectivity index is 1.27. The van der Waals surface area contributed by atoms with Crippen LogP contribution in [0.4, 0.5) is 4.39 Å². The first-order valence-corrected chi connectivity index (χ1v) is 10.7. The summed E-state index contributed by atoms with van der Waals surface area (Å²) >= 11 is 0. The van der Waals surface area contributed by atoms with E-state index in [1.165, 1.54) is 6.07 Å². The summed E-state index contributed by atoms with van der Waals surface area (Å²) in [4.78, 5) is 17.0. The van der Waals surface area contributed by atoms with Crippen LogP contribution in [0.3, 0.4) is 0 Å². The molecule has 32 heavy (non-hydrogen) atoms. The van der Waals surface area contributed by atoms with Gasteiger partial charge in [-0.1, -0.05) is 30.3 Å². The molecule has 7 nitrogen and oxygen atoms in total. The highest BCUT2D eigenvalue weighted by molar-refractivity contribution is 5.79. The van der Waals surface area contributed by atoms with Crippen LogP contribution in [0.25, 0.3) is 5.69 Å². The van der Waals surface area contributed by atoms with Gasteiger partial charge in [-0.05, 0) is 41.3 Å². The van der Waals surface area contributed by atoms with Crippen molar-refractivity contribution in [3.63, 3.8) is 0 Å². The Morgan fingerprint density at radius 3 is 2.56 bits per heavy atom. The Labute approximate surface area is 186 Å². The fourth-order valence-electron chi connectivity index (χ4n) is 4.01. The smallest absolute Gasteiger partial charge is 0.227 e. The van der Waals surface area contributed by atoms with E-state index in [1.807, 2.05) is 35.2 Å². The lowest BCUT2D eigenvalue weighted by molar-refractivity contribution is -0.132. The van der Waals surface area contributed by atoms with Crippen LogP contribution in [0, 0.1) is 17.1 Å². The van der Waals surface area contributed by atoms with Crippen molar-refractivity contribution < 1.29 is 9.18 Å². The highest BCUT2D eigenvalue weighted by Gasteiger charge is 2.23. The minimum Gasteiger partial charge on any atom is -0.340 e. The lowest BCUT2D eigenvalue weighted by Gasteiger charge is -2.36. The largest absolute Gasteiger partial charge is 0.340 e. The maximum Gasteiger partial charge on any atom is 0.227 e. The number of amides is 1. The summed E-state index contributed by atoms with van der Waals surface area (Å²) in [7, 11) is 0. The molecule has 2 heterocycles. The van der Waals surface area contributed by atoms with Crippen LogP contribution in [-0.2, 0) is 11.2 Å². The Morgan fingerprint density at radius 1 is 1.16 bits per heavy atom. The molecule has 1 aromatic heterocycles. The second-order valence-electron chi connectivity index (χ2n) is 8.12. The number of carbonyl (C=O) groups is 1. The predicted molar refractivity (Wildman–Crippen MR) is 118 cm³/mol. The Kier molecular flexibility index (Phi) is 6.57. The molecule has 1 aliphatic heterocycles. The van der Waals surface area contributed by atoms with Gasteiger partial charge in [0.15, 0.2) is 0 Å². The van der Waals surface area contributed by atoms with Crippen LogP contribution >= 0.6 is 0 Å². The van der Waals surface area contributed by atoms with Crippen LogP contribution < -0.4 is 0 Å². The second kappa shape index (κ2) is 9.71. The van der Waals surface area contributed by atoms with Crippen molar-refractivity contribution in [3.8, 4) is 11.8 Å². The van der Waals surface area contributed by atoms with Gasteiger partial charge in [0.05, 0.1) is 30.1 Å². The van der Waals surface area contributed by atoms with Crippen LogP contribution in [0.1, 0.15) is 29.5 Å². The molecule has 1 fully saturated rings. The number of benzene rings is 2. The fraction of sp³-hybridized carbons (Fsp3) is 0.333. The first kappa shape index (κ1) is 21.7. The van der Waals surface area contributed by atoms with Crippen LogP contribution in [-0.4, -0.2) is 63.4 Å². The minimum absolute atomic E-state index is 0.0825. The molecule has 0 N–H and O–H groups in total. The van der Waals surface area contributed by atoms with Gasteiger partial charge in [-0.3, -0.25) is 9.69 Å². The first-order chi connectivity index (χ1) is 15.5. The van der Waals surface area contributed by atoms with E-state index in [2.05, 4.69) is 22.1 Å². The van der Waals surface area contributed by atoms with Gasteiger partial charge in [-0.2, -0.15) is 5.26 Å². The maximum atomic E-state index is 13.6. The van der Waals surface area contributed by atoms with Gasteiger partial charge in [-0.15, -0.1) is 5.10 Å². The average molecular weight is 433 g/mol. The molecule has 4 rings (SSSR count). The first-order valence-electron chi connectivity index (χ1n) is 10.7. The van der Waals surface area contributed by atoms with Gasteiger partial charge < -0.3 is 4.90 Å². The molecule has 1 aliphatic rings. The molecule has 1 amide bonds. The molecule has 1 unspecified atom stereocenters. The number of carbonyl (C=O) groups excluding carboxylic acids is 1. The normalized spacial score (nSPS) is 15.3. The molecular weight excluding hydrogens is 407 g/mol. The molecular formula is C24H25FN6O. The summed E-state index contributed by atoms with van der Waals surface area (Å²) in [5, 5.41) is 16.8. The van der Waals surface area contributed by atoms with E-state index in [4.69, 9.17) is 5.26 Å². The van der Waals surface area contributed by atoms with Crippen molar-refractivity contribution in [2.24, 2.45) is 0 Å². The van der Waals surface area contributed by atoms with E-state index in [-0.39, 0.29) is 17.4 Å². The Hall–Kier alpha value is -3.57. The molecule has 2 aromatic carbocycles. The number of hydrogen-bond donors (Lipinski definition) is 0. The van der Waals surface area contributed by atoms with E-state index in [1.54, 1.807) is 29.2 Å². The van der Waals surface area contributed by atoms with Gasteiger partial charge in [-0.25, -0.2) is 9.07 Å². The van der Waals surface area contributed by atoms with Gasteiger partial charge in [0.1, 0.15) is 11.9 Å². The zero-order chi connectivity index (χ0) is 22.5. The van der Waals surface area contributed by atoms with E-state index in [0.29, 0.717) is 19.5 Å². The average Bonchev–Trinajstić information content (AvgIpc) is 3.35. The number of halogens is 1. The maximum absolute atomic E-state index is 13.6. The molecule has 0 radical (unpaired) electrons. The number of nitriles is 1. The summed E-state index contributed by atoms with van der Waals surface area (Å²) in [6, 6.07) is 14.4. The molecule has 8 heteroatoms. The third kappa shape index (κ3) is 5.01. The monoisotopic (exact) mass is 432 g/mol. The summed E-state index contributed by atoms with van der Waals surface area (Å²) in [5.41, 5.74) is 2.92. The van der Waals surface area contributed by atoms with E-state index in [9.17, 15) is 9.18 Å². The van der Waals surface area contributed by atoms with Gasteiger partial charge in [0.2, 0.25) is 5.91 Å². The van der Waals surface area contributed by atoms with Crippen molar-refractivity contribution >= 4 is 5.91 Å². The number of nitrogens with zero attached hydrogens (tertiary/aromatic N) is 6. The number of hydrogen-bond acceptors (Lipinski definition) is 5. The van der Waals surface area contributed by atoms with Crippen molar-refractivity contribution in [2.75, 3.05) is 32.7 Å². The zero-order valence-corrected chi connectivity index (χ0v) is 18.0. The third-order valence-electron chi connectivity index (χ3n) is 5.92. The lowest BCUT2D eigenvalue weighted by atomic mass is 9.98. The minimum atomic E-state index is -0.483. The molecule has 3 aromatic rings.